The molecule has 4 aliphatic carbocycles. The summed E-state index contributed by atoms with van der Waals surface area (Å²) in [5.74, 6) is 0.879. The smallest absolute Gasteiger partial charge is 0.420 e. The summed E-state index contributed by atoms with van der Waals surface area (Å²) in [7, 11) is 0. The van der Waals surface area contributed by atoms with E-state index >= 15 is 0 Å². The van der Waals surface area contributed by atoms with Gasteiger partial charge in [-0.2, -0.15) is 26.3 Å². The predicted molar refractivity (Wildman–Crippen MR) is 341 cm³/mol. The molecule has 0 atom stereocenters. The van der Waals surface area contributed by atoms with Gasteiger partial charge in [-0.3, -0.25) is 0 Å². The molecule has 1 spiro atoms. The lowest BCUT2D eigenvalue weighted by Gasteiger charge is -2.46. The van der Waals surface area contributed by atoms with Gasteiger partial charge in [0.25, 0.3) is 0 Å². The van der Waals surface area contributed by atoms with E-state index in [4.69, 9.17) is 8.83 Å². The number of anilines is 6. The van der Waals surface area contributed by atoms with Crippen LogP contribution in [0.1, 0.15) is 146 Å². The number of furan rings is 2. The van der Waals surface area contributed by atoms with Gasteiger partial charge >= 0.3 is 12.4 Å². The number of nitrogens with zero attached hydrogens (tertiary/aromatic N) is 2. The number of hydrogen-bond acceptors (Lipinski definition) is 4. The van der Waals surface area contributed by atoms with Gasteiger partial charge in [0.15, 0.2) is 11.2 Å². The first-order chi connectivity index (χ1) is 42.7. The predicted octanol–water partition coefficient (Wildman–Crippen LogP) is 23.6. The number of halogens is 6. The third kappa shape index (κ3) is 8.33. The average Bonchev–Trinajstić information content (AvgIpc) is 1.43. The van der Waals surface area contributed by atoms with Gasteiger partial charge in [0.2, 0.25) is 0 Å². The maximum atomic E-state index is 14.9. The first kappa shape index (κ1) is 54.4. The number of benzene rings is 10. The van der Waals surface area contributed by atoms with Crippen molar-refractivity contribution in [3.63, 3.8) is 0 Å². The highest BCUT2D eigenvalue weighted by atomic mass is 19.4. The number of para-hydroxylation sites is 4. The molecule has 0 bridgehead atoms. The van der Waals surface area contributed by atoms with Gasteiger partial charge in [0, 0.05) is 49.7 Å². The normalized spacial score (nSPS) is 16.5. The molecule has 0 saturated heterocycles. The second kappa shape index (κ2) is 20.3. The van der Waals surface area contributed by atoms with Gasteiger partial charge in [-0.15, -0.1) is 0 Å². The Morgan fingerprint density at radius 3 is 1.09 bits per heavy atom. The number of hydrogen-bond donors (Lipinski definition) is 0. The van der Waals surface area contributed by atoms with Crippen LogP contribution in [-0.2, 0) is 23.2 Å². The van der Waals surface area contributed by atoms with Crippen LogP contribution in [0.3, 0.4) is 0 Å². The average molecular weight is 1170 g/mol. The van der Waals surface area contributed by atoms with E-state index in [9.17, 15) is 26.3 Å². The Labute approximate surface area is 506 Å². The van der Waals surface area contributed by atoms with Crippen LogP contribution in [0.25, 0.3) is 55.0 Å². The monoisotopic (exact) mass is 1170 g/mol. The van der Waals surface area contributed by atoms with Gasteiger partial charge in [0.05, 0.1) is 27.9 Å². The van der Waals surface area contributed by atoms with E-state index in [1.807, 2.05) is 36.4 Å². The lowest BCUT2D eigenvalue weighted by molar-refractivity contribution is -0.137. The Hall–Kier alpha value is -9.02. The Kier molecular flexibility index (Phi) is 12.5. The van der Waals surface area contributed by atoms with Crippen LogP contribution in [0.5, 0.6) is 0 Å². The zero-order valence-electron chi connectivity index (χ0n) is 48.8. The van der Waals surface area contributed by atoms with Gasteiger partial charge in [-0.25, -0.2) is 0 Å². The summed E-state index contributed by atoms with van der Waals surface area (Å²) in [5, 5.41) is 1.89. The van der Waals surface area contributed by atoms with Crippen molar-refractivity contribution in [2.75, 3.05) is 9.80 Å². The van der Waals surface area contributed by atoms with Crippen molar-refractivity contribution < 1.29 is 35.2 Å². The quantitative estimate of drug-likeness (QED) is 0.142. The van der Waals surface area contributed by atoms with Gasteiger partial charge in [0.1, 0.15) is 11.2 Å². The molecule has 4 nitrogen and oxygen atoms in total. The summed E-state index contributed by atoms with van der Waals surface area (Å²) in [6, 6.07) is 67.9. The molecule has 2 saturated carbocycles. The summed E-state index contributed by atoms with van der Waals surface area (Å²) >= 11 is 0. The van der Waals surface area contributed by atoms with Gasteiger partial charge < -0.3 is 18.6 Å². The van der Waals surface area contributed by atoms with Gasteiger partial charge in [-0.05, 0) is 166 Å². The van der Waals surface area contributed by atoms with Crippen LogP contribution in [0.15, 0.2) is 215 Å². The van der Waals surface area contributed by atoms with E-state index in [0.717, 1.165) is 93.9 Å². The summed E-state index contributed by atoms with van der Waals surface area (Å²) in [6.07, 6.45) is 2.37. The Bertz CT molecular complexity index is 4430. The molecule has 88 heavy (non-hydrogen) atoms. The second-order valence-corrected chi connectivity index (χ2v) is 25.3. The summed E-state index contributed by atoms with van der Waals surface area (Å²) < 4.78 is 102. The molecule has 10 heteroatoms. The maximum Gasteiger partial charge on any atom is 0.420 e. The number of fused-ring (bicyclic) bond motifs is 15. The van der Waals surface area contributed by atoms with Crippen LogP contribution in [0.4, 0.5) is 60.5 Å². The zero-order valence-corrected chi connectivity index (χ0v) is 48.8. The molecule has 0 amide bonds. The molecule has 0 N–H and O–H groups in total. The van der Waals surface area contributed by atoms with E-state index in [2.05, 4.69) is 157 Å². The fraction of sp³-hybridized carbons (Fsp3) is 0.231. The van der Waals surface area contributed by atoms with E-state index in [-0.39, 0.29) is 16.6 Å². The minimum Gasteiger partial charge on any atom is -0.453 e. The molecule has 12 aromatic rings. The largest absolute Gasteiger partial charge is 0.453 e. The van der Waals surface area contributed by atoms with Crippen molar-refractivity contribution >= 4 is 78.0 Å². The van der Waals surface area contributed by atoms with E-state index in [1.54, 1.807) is 12.1 Å². The second-order valence-electron chi connectivity index (χ2n) is 25.3. The molecule has 4 aliphatic rings. The standard InChI is InChI=1S/C78H62F6N2O2/c1-75(2)63-25-9-11-27-65(63)76(66-28-12-10-26-64(66)75)61-43-41-53(85(51-37-33-49(34-38-51)47-17-5-3-6-18-47)69-31-15-23-57-55-21-13-29-67(77(79,80)81)71(55)87-73(57)69)45-59(61)60-46-54(42-44-62(60)76)86(52-39-35-50(36-40-52)48-19-7-4-8-20-48)70-32-16-24-58-56-22-14-30-68(78(82,83)84)72(56)88-74(58)70/h9-16,21-48H,3-8,17-20H2,1-2H3. The molecule has 0 aliphatic heterocycles. The summed E-state index contributed by atoms with van der Waals surface area (Å²) in [6.45, 7) is 4.59. The van der Waals surface area contributed by atoms with Gasteiger partial charge in [-0.1, -0.05) is 186 Å². The third-order valence-corrected chi connectivity index (χ3v) is 20.2. The fourth-order valence-corrected chi connectivity index (χ4v) is 16.1. The molecule has 2 fully saturated rings. The molecule has 438 valence electrons. The molecule has 16 rings (SSSR count). The third-order valence-electron chi connectivity index (χ3n) is 20.2. The SMILES string of the molecule is CC1(C)c2ccccc2C2(c3ccc(N(c4ccc(C5CCCCC5)cc4)c4cccc5c4oc4c(C(F)(F)F)cccc45)cc3-c3cc(N(c4ccc(C5CCCCC5)cc4)c4cccc5c4oc4c(C(F)(F)F)cccc45)ccc32)c2ccccc21. The van der Waals surface area contributed by atoms with E-state index in [0.29, 0.717) is 55.9 Å². The highest BCUT2D eigenvalue weighted by molar-refractivity contribution is 6.13. The van der Waals surface area contributed by atoms with Crippen LogP contribution >= 0.6 is 0 Å². The van der Waals surface area contributed by atoms with Crippen LogP contribution in [0, 0.1) is 0 Å². The van der Waals surface area contributed by atoms with E-state index < -0.39 is 28.9 Å². The minimum absolute atomic E-state index is 0.215. The Balaban J connectivity index is 0.961. The Morgan fingerprint density at radius 1 is 0.352 bits per heavy atom. The van der Waals surface area contributed by atoms with Crippen molar-refractivity contribution in [2.24, 2.45) is 0 Å². The van der Waals surface area contributed by atoms with Crippen molar-refractivity contribution in [1.29, 1.82) is 0 Å². The maximum absolute atomic E-state index is 14.9. The first-order valence-electron chi connectivity index (χ1n) is 31.0. The number of rotatable bonds is 8. The van der Waals surface area contributed by atoms with Crippen molar-refractivity contribution in [2.45, 2.75) is 113 Å². The van der Waals surface area contributed by atoms with Crippen molar-refractivity contribution in [3.05, 3.63) is 262 Å². The zero-order chi connectivity index (χ0) is 59.8. The van der Waals surface area contributed by atoms with Crippen LogP contribution in [0.2, 0.25) is 0 Å². The molecular formula is C78H62F6N2O2. The highest BCUT2D eigenvalue weighted by Crippen LogP contribution is 2.64. The molecule has 2 heterocycles. The van der Waals surface area contributed by atoms with Crippen molar-refractivity contribution in [3.8, 4) is 11.1 Å². The highest BCUT2D eigenvalue weighted by Gasteiger charge is 2.54. The lowest BCUT2D eigenvalue weighted by Crippen LogP contribution is -2.40. The number of alkyl halides is 6. The van der Waals surface area contributed by atoms with Crippen LogP contribution in [-0.4, -0.2) is 0 Å². The lowest BCUT2D eigenvalue weighted by atomic mass is 9.55. The minimum atomic E-state index is -4.65. The molecular weight excluding hydrogens is 1110 g/mol. The summed E-state index contributed by atoms with van der Waals surface area (Å²) in [4.78, 5) is 4.25. The molecule has 0 radical (unpaired) electrons. The first-order valence-corrected chi connectivity index (χ1v) is 31.0. The van der Waals surface area contributed by atoms with Crippen molar-refractivity contribution in [1.82, 2.24) is 0 Å². The van der Waals surface area contributed by atoms with Crippen LogP contribution < -0.4 is 9.80 Å². The topological polar surface area (TPSA) is 32.8 Å². The molecule has 2 aromatic heterocycles. The summed E-state index contributed by atoms with van der Waals surface area (Å²) in [5.41, 5.74) is 12.9. The molecule has 0 unspecified atom stereocenters. The Morgan fingerprint density at radius 2 is 0.705 bits per heavy atom. The van der Waals surface area contributed by atoms with E-state index in [1.165, 1.54) is 72.9 Å². The molecule has 10 aromatic carbocycles. The fourth-order valence-electron chi connectivity index (χ4n) is 16.1.